The third-order valence-corrected chi connectivity index (χ3v) is 5.36. The minimum atomic E-state index is -3.75. The van der Waals surface area contributed by atoms with Crippen molar-refractivity contribution in [2.75, 3.05) is 11.4 Å². The highest BCUT2D eigenvalue weighted by Crippen LogP contribution is 2.25. The van der Waals surface area contributed by atoms with Gasteiger partial charge in [-0.2, -0.15) is 0 Å². The number of anilines is 1. The number of nitrogens with zero attached hydrogens (tertiary/aromatic N) is 2. The summed E-state index contributed by atoms with van der Waals surface area (Å²) in [6, 6.07) is 10.2. The maximum atomic E-state index is 12.6. The van der Waals surface area contributed by atoms with E-state index in [0.717, 1.165) is 11.1 Å². The van der Waals surface area contributed by atoms with E-state index < -0.39 is 14.9 Å². The Morgan fingerprint density at radius 3 is 2.09 bits per heavy atom. The van der Waals surface area contributed by atoms with E-state index in [1.165, 1.54) is 35.6 Å². The van der Waals surface area contributed by atoms with Crippen LogP contribution < -0.4 is 4.31 Å². The largest absolute Gasteiger partial charge is 0.269 e. The number of hydrogen-bond donors (Lipinski definition) is 0. The van der Waals surface area contributed by atoms with Crippen molar-refractivity contribution in [3.8, 4) is 0 Å². The molecule has 0 N–H and O–H groups in total. The molecule has 2 aromatic carbocycles. The van der Waals surface area contributed by atoms with Crippen LogP contribution in [0.1, 0.15) is 11.1 Å². The van der Waals surface area contributed by atoms with E-state index in [-0.39, 0.29) is 10.6 Å². The molecule has 0 spiro atoms. The first-order valence-electron chi connectivity index (χ1n) is 6.54. The van der Waals surface area contributed by atoms with Crippen molar-refractivity contribution in [3.63, 3.8) is 0 Å². The lowest BCUT2D eigenvalue weighted by atomic mass is 10.1. The lowest BCUT2D eigenvalue weighted by molar-refractivity contribution is -0.384. The smallest absolute Gasteiger partial charge is 0.269 e. The maximum absolute atomic E-state index is 12.6. The second-order valence-electron chi connectivity index (χ2n) is 4.99. The predicted octanol–water partition coefficient (Wildman–Crippen LogP) is 3.04. The quantitative estimate of drug-likeness (QED) is 0.640. The number of non-ortho nitro benzene ring substituents is 1. The molecule has 0 bridgehead atoms. The van der Waals surface area contributed by atoms with Crippen LogP contribution in [0.5, 0.6) is 0 Å². The van der Waals surface area contributed by atoms with Crippen molar-refractivity contribution in [2.45, 2.75) is 18.7 Å². The van der Waals surface area contributed by atoms with Gasteiger partial charge in [0.15, 0.2) is 0 Å². The van der Waals surface area contributed by atoms with Gasteiger partial charge in [0.25, 0.3) is 15.7 Å². The molecule has 0 radical (unpaired) electrons. The van der Waals surface area contributed by atoms with Crippen LogP contribution in [-0.2, 0) is 10.0 Å². The lowest BCUT2D eigenvalue weighted by Crippen LogP contribution is -2.26. The van der Waals surface area contributed by atoms with Crippen molar-refractivity contribution in [3.05, 3.63) is 63.7 Å². The molecule has 0 fully saturated rings. The van der Waals surface area contributed by atoms with Gasteiger partial charge < -0.3 is 0 Å². The van der Waals surface area contributed by atoms with Crippen LogP contribution in [0.25, 0.3) is 0 Å². The molecule has 0 atom stereocenters. The van der Waals surface area contributed by atoms with Gasteiger partial charge >= 0.3 is 0 Å². The Morgan fingerprint density at radius 2 is 1.59 bits per heavy atom. The average molecular weight is 320 g/mol. The summed E-state index contributed by atoms with van der Waals surface area (Å²) in [6.45, 7) is 3.86. The van der Waals surface area contributed by atoms with Gasteiger partial charge in [0.05, 0.1) is 15.5 Å². The van der Waals surface area contributed by atoms with Gasteiger partial charge in [0.2, 0.25) is 0 Å². The fourth-order valence-corrected chi connectivity index (χ4v) is 3.15. The zero-order valence-electron chi connectivity index (χ0n) is 12.5. The third kappa shape index (κ3) is 2.94. The Hall–Kier alpha value is -2.41. The second kappa shape index (κ2) is 5.76. The fourth-order valence-electron chi connectivity index (χ4n) is 1.96. The van der Waals surface area contributed by atoms with Crippen LogP contribution >= 0.6 is 0 Å². The molecule has 0 aliphatic rings. The number of nitro benzene ring substituents is 1. The number of sulfonamides is 1. The Morgan fingerprint density at radius 1 is 1.00 bits per heavy atom. The van der Waals surface area contributed by atoms with E-state index in [2.05, 4.69) is 0 Å². The van der Waals surface area contributed by atoms with Gasteiger partial charge in [0, 0.05) is 19.2 Å². The van der Waals surface area contributed by atoms with Crippen molar-refractivity contribution < 1.29 is 13.3 Å². The van der Waals surface area contributed by atoms with Crippen molar-refractivity contribution >= 4 is 21.4 Å². The van der Waals surface area contributed by atoms with Gasteiger partial charge in [-0.3, -0.25) is 14.4 Å². The van der Waals surface area contributed by atoms with Gasteiger partial charge in [-0.05, 0) is 49.2 Å². The fraction of sp³-hybridized carbons (Fsp3) is 0.200. The van der Waals surface area contributed by atoms with Gasteiger partial charge in [-0.25, -0.2) is 8.42 Å². The van der Waals surface area contributed by atoms with E-state index in [1.807, 2.05) is 19.9 Å². The van der Waals surface area contributed by atoms with Crippen molar-refractivity contribution in [1.29, 1.82) is 0 Å². The predicted molar refractivity (Wildman–Crippen MR) is 84.6 cm³/mol. The first-order chi connectivity index (χ1) is 10.2. The lowest BCUT2D eigenvalue weighted by Gasteiger charge is -2.20. The summed E-state index contributed by atoms with van der Waals surface area (Å²) in [7, 11) is -2.29. The summed E-state index contributed by atoms with van der Waals surface area (Å²) in [6.07, 6.45) is 0. The number of hydrogen-bond acceptors (Lipinski definition) is 4. The topological polar surface area (TPSA) is 80.5 Å². The second-order valence-corrected chi connectivity index (χ2v) is 6.96. The van der Waals surface area contributed by atoms with Crippen LogP contribution in [0.15, 0.2) is 47.4 Å². The SMILES string of the molecule is Cc1ccc(N(C)S(=O)(=O)c2ccc([N+](=O)[O-])cc2)cc1C. The Labute approximate surface area is 129 Å². The van der Waals surface area contributed by atoms with E-state index in [4.69, 9.17) is 0 Å². The van der Waals surface area contributed by atoms with Gasteiger partial charge in [-0.15, -0.1) is 0 Å². The van der Waals surface area contributed by atoms with Crippen LogP contribution in [0.2, 0.25) is 0 Å². The standard InChI is InChI=1S/C15H16N2O4S/c1-11-4-5-14(10-12(11)2)16(3)22(20,21)15-8-6-13(7-9-15)17(18)19/h4-10H,1-3H3. The highest BCUT2D eigenvalue weighted by Gasteiger charge is 2.22. The van der Waals surface area contributed by atoms with Gasteiger partial charge in [0.1, 0.15) is 0 Å². The zero-order chi connectivity index (χ0) is 16.5. The molecule has 0 aliphatic carbocycles. The summed E-state index contributed by atoms with van der Waals surface area (Å²) in [4.78, 5) is 10.1. The average Bonchev–Trinajstić information content (AvgIpc) is 2.49. The molecular formula is C15H16N2O4S. The zero-order valence-corrected chi connectivity index (χ0v) is 13.3. The summed E-state index contributed by atoms with van der Waals surface area (Å²) in [5.41, 5.74) is 2.46. The molecule has 6 nitrogen and oxygen atoms in total. The summed E-state index contributed by atoms with van der Waals surface area (Å²) < 4.78 is 26.3. The van der Waals surface area contributed by atoms with E-state index in [0.29, 0.717) is 5.69 Å². The highest BCUT2D eigenvalue weighted by molar-refractivity contribution is 7.92. The minimum absolute atomic E-state index is 0.0128. The molecule has 7 heteroatoms. The molecule has 0 amide bonds. The summed E-state index contributed by atoms with van der Waals surface area (Å²) in [5, 5.41) is 10.6. The molecular weight excluding hydrogens is 304 g/mol. The first kappa shape index (κ1) is 16.0. The molecule has 22 heavy (non-hydrogen) atoms. The van der Waals surface area contributed by atoms with Crippen LogP contribution in [0, 0.1) is 24.0 Å². The Kier molecular flexibility index (Phi) is 4.18. The molecule has 0 aromatic heterocycles. The molecule has 0 unspecified atom stereocenters. The molecule has 2 aromatic rings. The molecule has 0 heterocycles. The molecule has 0 saturated carbocycles. The first-order valence-corrected chi connectivity index (χ1v) is 7.98. The molecule has 116 valence electrons. The Bertz CT molecular complexity index is 814. The monoisotopic (exact) mass is 320 g/mol. The number of nitro groups is 1. The molecule has 0 aliphatic heterocycles. The van der Waals surface area contributed by atoms with E-state index >= 15 is 0 Å². The van der Waals surface area contributed by atoms with E-state index in [9.17, 15) is 18.5 Å². The summed E-state index contributed by atoms with van der Waals surface area (Å²) >= 11 is 0. The van der Waals surface area contributed by atoms with Crippen LogP contribution in [0.4, 0.5) is 11.4 Å². The molecule has 2 rings (SSSR count). The van der Waals surface area contributed by atoms with Crippen LogP contribution in [-0.4, -0.2) is 20.4 Å². The molecule has 0 saturated heterocycles. The maximum Gasteiger partial charge on any atom is 0.269 e. The summed E-state index contributed by atoms with van der Waals surface area (Å²) in [5.74, 6) is 0. The van der Waals surface area contributed by atoms with E-state index in [1.54, 1.807) is 12.1 Å². The number of benzene rings is 2. The Balaban J connectivity index is 2.40. The number of aryl methyl sites for hydroxylation is 2. The highest BCUT2D eigenvalue weighted by atomic mass is 32.2. The van der Waals surface area contributed by atoms with Crippen molar-refractivity contribution in [1.82, 2.24) is 0 Å². The third-order valence-electron chi connectivity index (χ3n) is 3.56. The number of rotatable bonds is 4. The minimum Gasteiger partial charge on any atom is -0.269 e. The van der Waals surface area contributed by atoms with Crippen LogP contribution in [0.3, 0.4) is 0 Å². The normalized spacial score (nSPS) is 11.2. The van der Waals surface area contributed by atoms with Gasteiger partial charge in [-0.1, -0.05) is 6.07 Å². The van der Waals surface area contributed by atoms with Crippen molar-refractivity contribution in [2.24, 2.45) is 0 Å².